The lowest BCUT2D eigenvalue weighted by Gasteiger charge is -2.11. The van der Waals surface area contributed by atoms with E-state index in [2.05, 4.69) is 15.9 Å². The van der Waals surface area contributed by atoms with E-state index in [0.717, 1.165) is 12.8 Å². The Morgan fingerprint density at radius 3 is 2.30 bits per heavy atom. The molecule has 0 aromatic heterocycles. The number of hydrogen-bond donors (Lipinski definition) is 1. The summed E-state index contributed by atoms with van der Waals surface area (Å²) < 4.78 is 24.3. The molecular weight excluding hydrogens is 204 g/mol. The van der Waals surface area contributed by atoms with Crippen LogP contribution < -0.4 is 5.73 Å². The Morgan fingerprint density at radius 1 is 1.50 bits per heavy atom. The molecule has 0 unspecified atom stereocenters. The minimum atomic E-state index is -2.72. The molecule has 1 rings (SSSR count). The van der Waals surface area contributed by atoms with Crippen molar-refractivity contribution in [2.45, 2.75) is 36.1 Å². The van der Waals surface area contributed by atoms with E-state index in [4.69, 9.17) is 5.73 Å². The summed E-state index contributed by atoms with van der Waals surface area (Å²) >= 11 is 2.27. The van der Waals surface area contributed by atoms with Crippen molar-refractivity contribution >= 4 is 15.9 Å². The number of nitrogens with two attached hydrogens (primary N) is 1. The van der Waals surface area contributed by atoms with Crippen molar-refractivity contribution in [1.82, 2.24) is 0 Å². The van der Waals surface area contributed by atoms with E-state index in [1.165, 1.54) is 0 Å². The molecule has 1 nitrogen and oxygen atoms in total. The molecule has 60 valence electrons. The maximum absolute atomic E-state index is 12.1. The molecule has 1 fully saturated rings. The van der Waals surface area contributed by atoms with Crippen LogP contribution >= 0.6 is 15.9 Å². The summed E-state index contributed by atoms with van der Waals surface area (Å²) in [6, 6.07) is 0. The van der Waals surface area contributed by atoms with Gasteiger partial charge < -0.3 is 5.73 Å². The Bertz CT molecular complexity index is 123. The van der Waals surface area contributed by atoms with Gasteiger partial charge in [0.1, 0.15) is 0 Å². The minimum Gasteiger partial charge on any atom is -0.325 e. The topological polar surface area (TPSA) is 26.0 Å². The van der Waals surface area contributed by atoms with Crippen molar-refractivity contribution in [1.29, 1.82) is 0 Å². The minimum absolute atomic E-state index is 0.149. The quantitative estimate of drug-likeness (QED) is 0.716. The monoisotopic (exact) mass is 213 g/mol. The van der Waals surface area contributed by atoms with Crippen LogP contribution in [-0.4, -0.2) is 10.4 Å². The maximum atomic E-state index is 12.1. The molecule has 10 heavy (non-hydrogen) atoms. The summed E-state index contributed by atoms with van der Waals surface area (Å²) in [6.07, 6.45) is 2.07. The van der Waals surface area contributed by atoms with Gasteiger partial charge in [0.15, 0.2) is 0 Å². The standard InChI is InChI=1S/C6H10BrF2N/c7-6(8,9)4-3-5(10)1-2-5/h1-4,10H2. The molecule has 0 amide bonds. The predicted molar refractivity (Wildman–Crippen MR) is 39.3 cm³/mol. The van der Waals surface area contributed by atoms with Gasteiger partial charge in [-0.15, -0.1) is 0 Å². The van der Waals surface area contributed by atoms with E-state index in [1.54, 1.807) is 0 Å². The molecule has 0 aromatic rings. The molecule has 1 aliphatic carbocycles. The van der Waals surface area contributed by atoms with Gasteiger partial charge in [-0.3, -0.25) is 0 Å². The van der Waals surface area contributed by atoms with Gasteiger partial charge in [0.2, 0.25) is 0 Å². The summed E-state index contributed by atoms with van der Waals surface area (Å²) in [5.41, 5.74) is 5.35. The first-order valence-corrected chi connectivity index (χ1v) is 4.06. The molecule has 0 bridgehead atoms. The highest BCUT2D eigenvalue weighted by molar-refractivity contribution is 9.09. The van der Waals surface area contributed by atoms with Crippen LogP contribution in [0.5, 0.6) is 0 Å². The Kier molecular flexibility index (Phi) is 2.02. The van der Waals surface area contributed by atoms with E-state index in [1.807, 2.05) is 0 Å². The van der Waals surface area contributed by atoms with Crippen LogP contribution in [0.25, 0.3) is 0 Å². The second-order valence-electron chi connectivity index (χ2n) is 2.98. The van der Waals surface area contributed by atoms with E-state index >= 15 is 0 Å². The molecule has 0 atom stereocenters. The SMILES string of the molecule is NC1(CCC(F)(F)Br)CC1. The highest BCUT2D eigenvalue weighted by Gasteiger charge is 2.40. The Hall–Kier alpha value is 0.300. The van der Waals surface area contributed by atoms with Gasteiger partial charge in [0.05, 0.1) is 0 Å². The van der Waals surface area contributed by atoms with Crippen LogP contribution in [0.2, 0.25) is 0 Å². The fourth-order valence-corrected chi connectivity index (χ4v) is 0.999. The predicted octanol–water partition coefficient (Wildman–Crippen LogP) is 2.25. The van der Waals surface area contributed by atoms with Crippen LogP contribution in [0.15, 0.2) is 0 Å². The van der Waals surface area contributed by atoms with Gasteiger partial charge in [-0.1, -0.05) is 0 Å². The molecule has 0 aliphatic heterocycles. The average Bonchev–Trinajstić information content (AvgIpc) is 2.43. The summed E-state index contributed by atoms with van der Waals surface area (Å²) in [6.45, 7) is 0. The first kappa shape index (κ1) is 8.40. The van der Waals surface area contributed by atoms with Crippen molar-refractivity contribution in [3.8, 4) is 0 Å². The van der Waals surface area contributed by atoms with E-state index in [0.29, 0.717) is 6.42 Å². The summed E-state index contributed by atoms with van der Waals surface area (Å²) in [4.78, 5) is -2.72. The van der Waals surface area contributed by atoms with Crippen LogP contribution in [0, 0.1) is 0 Å². The van der Waals surface area contributed by atoms with Gasteiger partial charge >= 0.3 is 4.83 Å². The zero-order valence-electron chi connectivity index (χ0n) is 5.54. The van der Waals surface area contributed by atoms with Crippen molar-refractivity contribution in [3.05, 3.63) is 0 Å². The van der Waals surface area contributed by atoms with Crippen molar-refractivity contribution in [2.24, 2.45) is 5.73 Å². The van der Waals surface area contributed by atoms with Crippen molar-refractivity contribution < 1.29 is 8.78 Å². The zero-order chi connectivity index (χ0) is 7.83. The molecule has 0 radical (unpaired) electrons. The normalized spacial score (nSPS) is 22.8. The first-order valence-electron chi connectivity index (χ1n) is 3.27. The molecule has 0 spiro atoms. The molecule has 2 N–H and O–H groups in total. The highest BCUT2D eigenvalue weighted by Crippen LogP contribution is 2.40. The van der Waals surface area contributed by atoms with Gasteiger partial charge in [0, 0.05) is 12.0 Å². The van der Waals surface area contributed by atoms with Crippen LogP contribution in [-0.2, 0) is 0 Å². The van der Waals surface area contributed by atoms with E-state index in [9.17, 15) is 8.78 Å². The molecule has 0 aromatic carbocycles. The molecule has 0 heterocycles. The third kappa shape index (κ3) is 2.92. The first-order chi connectivity index (χ1) is 4.41. The van der Waals surface area contributed by atoms with Crippen LogP contribution in [0.1, 0.15) is 25.7 Å². The number of rotatable bonds is 3. The van der Waals surface area contributed by atoms with E-state index in [-0.39, 0.29) is 12.0 Å². The van der Waals surface area contributed by atoms with Gasteiger partial charge in [-0.05, 0) is 35.2 Å². The number of hydrogen-bond acceptors (Lipinski definition) is 1. The Morgan fingerprint density at radius 2 is 2.00 bits per heavy atom. The lowest BCUT2D eigenvalue weighted by Crippen LogP contribution is -2.23. The Balaban J connectivity index is 2.17. The van der Waals surface area contributed by atoms with Crippen LogP contribution in [0.3, 0.4) is 0 Å². The second kappa shape index (κ2) is 2.41. The number of halogens is 3. The molecule has 1 saturated carbocycles. The van der Waals surface area contributed by atoms with E-state index < -0.39 is 4.83 Å². The third-order valence-electron chi connectivity index (χ3n) is 1.80. The van der Waals surface area contributed by atoms with Gasteiger partial charge in [-0.2, -0.15) is 8.78 Å². The molecule has 1 aliphatic rings. The smallest absolute Gasteiger partial charge is 0.301 e. The molecular formula is C6H10BrF2N. The summed E-state index contributed by atoms with van der Waals surface area (Å²) in [5, 5.41) is 0. The summed E-state index contributed by atoms with van der Waals surface area (Å²) in [5.74, 6) is 0. The zero-order valence-corrected chi connectivity index (χ0v) is 7.13. The molecule has 0 saturated heterocycles. The van der Waals surface area contributed by atoms with Crippen molar-refractivity contribution in [3.63, 3.8) is 0 Å². The number of alkyl halides is 3. The fraction of sp³-hybridized carbons (Fsp3) is 1.00. The second-order valence-corrected chi connectivity index (χ2v) is 4.14. The van der Waals surface area contributed by atoms with Gasteiger partial charge in [0.25, 0.3) is 0 Å². The van der Waals surface area contributed by atoms with Gasteiger partial charge in [-0.25, -0.2) is 0 Å². The Labute approximate surface area is 67.1 Å². The average molecular weight is 214 g/mol. The largest absolute Gasteiger partial charge is 0.325 e. The lowest BCUT2D eigenvalue weighted by atomic mass is 10.1. The lowest BCUT2D eigenvalue weighted by molar-refractivity contribution is 0.0982. The highest BCUT2D eigenvalue weighted by atomic mass is 79.9. The maximum Gasteiger partial charge on any atom is 0.301 e. The van der Waals surface area contributed by atoms with Crippen molar-refractivity contribution in [2.75, 3.05) is 0 Å². The fourth-order valence-electron chi connectivity index (χ4n) is 0.801. The van der Waals surface area contributed by atoms with Crippen LogP contribution in [0.4, 0.5) is 8.78 Å². The summed E-state index contributed by atoms with van der Waals surface area (Å²) in [7, 11) is 0. The third-order valence-corrected chi connectivity index (χ3v) is 2.20. The molecule has 4 heteroatoms.